The Morgan fingerprint density at radius 2 is 2.04 bits per heavy atom. The first-order valence-electron chi connectivity index (χ1n) is 8.28. The quantitative estimate of drug-likeness (QED) is 0.765. The van der Waals surface area contributed by atoms with Crippen molar-refractivity contribution in [3.05, 3.63) is 17.6 Å². The number of amides is 1. The van der Waals surface area contributed by atoms with Gasteiger partial charge in [0.25, 0.3) is 5.91 Å². The van der Waals surface area contributed by atoms with Crippen LogP contribution in [-0.2, 0) is 9.84 Å². The number of anilines is 1. The number of hydrogen-bond acceptors (Lipinski definition) is 6. The first-order valence-corrected chi connectivity index (χ1v) is 10.1. The lowest BCUT2D eigenvalue weighted by atomic mass is 10.2. The minimum Gasteiger partial charge on any atom is -0.360 e. The predicted molar refractivity (Wildman–Crippen MR) is 94.1 cm³/mol. The molecule has 1 atom stereocenters. The molecule has 2 heterocycles. The molecular weight excluding hydrogens is 328 g/mol. The average molecular weight is 354 g/mol. The van der Waals surface area contributed by atoms with E-state index in [0.717, 1.165) is 19.4 Å². The monoisotopic (exact) mass is 354 g/mol. The molecule has 0 bridgehead atoms. The van der Waals surface area contributed by atoms with E-state index in [9.17, 15) is 13.2 Å². The third-order valence-electron chi connectivity index (χ3n) is 4.36. The molecule has 1 aliphatic heterocycles. The van der Waals surface area contributed by atoms with Crippen molar-refractivity contribution in [3.63, 3.8) is 0 Å². The van der Waals surface area contributed by atoms with Gasteiger partial charge in [0.15, 0.2) is 9.84 Å². The molecule has 0 aromatic carbocycles. The van der Waals surface area contributed by atoms with Gasteiger partial charge in [-0.1, -0.05) is 13.3 Å². The molecule has 0 N–H and O–H groups in total. The smallest absolute Gasteiger partial charge is 0.272 e. The number of rotatable bonds is 6. The van der Waals surface area contributed by atoms with Gasteiger partial charge < -0.3 is 9.80 Å². The summed E-state index contributed by atoms with van der Waals surface area (Å²) in [5.74, 6) is 1.16. The molecule has 0 aliphatic carbocycles. The number of unbranched alkanes of at least 4 members (excludes halogenated alkanes) is 1. The summed E-state index contributed by atoms with van der Waals surface area (Å²) < 4.78 is 23.3. The molecule has 0 spiro atoms. The van der Waals surface area contributed by atoms with Crippen molar-refractivity contribution in [2.75, 3.05) is 37.0 Å². The molecule has 1 amide bonds. The molecule has 1 aliphatic rings. The Labute approximate surface area is 144 Å². The normalized spacial score (nSPS) is 19.2. The van der Waals surface area contributed by atoms with Crippen LogP contribution in [0.3, 0.4) is 0 Å². The van der Waals surface area contributed by atoms with Crippen LogP contribution >= 0.6 is 0 Å². The molecule has 1 saturated heterocycles. The molecular formula is C16H26N4O3S. The summed E-state index contributed by atoms with van der Waals surface area (Å²) in [6.45, 7) is 4.74. The Morgan fingerprint density at radius 1 is 1.33 bits per heavy atom. The van der Waals surface area contributed by atoms with Gasteiger partial charge in [0.05, 0.1) is 11.5 Å². The average Bonchev–Trinajstić information content (AvgIpc) is 2.90. The SMILES string of the molecule is CCCCN(C)c1cc(C(=O)N(C)C2CCS(=O)(=O)C2)nc(C)n1. The van der Waals surface area contributed by atoms with Crippen molar-refractivity contribution in [1.82, 2.24) is 14.9 Å². The van der Waals surface area contributed by atoms with E-state index in [1.165, 1.54) is 4.90 Å². The van der Waals surface area contributed by atoms with Gasteiger partial charge >= 0.3 is 0 Å². The Kier molecular flexibility index (Phi) is 5.79. The Bertz CT molecular complexity index is 705. The Hall–Kier alpha value is -1.70. The third-order valence-corrected chi connectivity index (χ3v) is 6.11. The van der Waals surface area contributed by atoms with E-state index in [1.54, 1.807) is 20.0 Å². The zero-order valence-corrected chi connectivity index (χ0v) is 15.6. The van der Waals surface area contributed by atoms with E-state index < -0.39 is 9.84 Å². The fourth-order valence-electron chi connectivity index (χ4n) is 2.79. The second kappa shape index (κ2) is 7.46. The van der Waals surface area contributed by atoms with Crippen LogP contribution in [0.2, 0.25) is 0 Å². The lowest BCUT2D eigenvalue weighted by molar-refractivity contribution is 0.0741. The van der Waals surface area contributed by atoms with E-state index in [4.69, 9.17) is 0 Å². The number of carbonyl (C=O) groups is 1. The molecule has 1 unspecified atom stereocenters. The van der Waals surface area contributed by atoms with Crippen LogP contribution in [0.4, 0.5) is 5.82 Å². The molecule has 0 saturated carbocycles. The Morgan fingerprint density at radius 3 is 2.62 bits per heavy atom. The van der Waals surface area contributed by atoms with Crippen LogP contribution in [0.25, 0.3) is 0 Å². The van der Waals surface area contributed by atoms with Crippen LogP contribution in [0.5, 0.6) is 0 Å². The van der Waals surface area contributed by atoms with Gasteiger partial charge in [0, 0.05) is 32.7 Å². The topological polar surface area (TPSA) is 83.5 Å². The van der Waals surface area contributed by atoms with Crippen LogP contribution in [0.1, 0.15) is 42.5 Å². The highest BCUT2D eigenvalue weighted by atomic mass is 32.2. The maximum absolute atomic E-state index is 12.7. The highest BCUT2D eigenvalue weighted by molar-refractivity contribution is 7.91. The molecule has 2 rings (SSSR count). The summed E-state index contributed by atoms with van der Waals surface area (Å²) in [6, 6.07) is 1.41. The highest BCUT2D eigenvalue weighted by Crippen LogP contribution is 2.19. The summed E-state index contributed by atoms with van der Waals surface area (Å²) in [6.07, 6.45) is 2.61. The van der Waals surface area contributed by atoms with E-state index >= 15 is 0 Å². The highest BCUT2D eigenvalue weighted by Gasteiger charge is 2.33. The Balaban J connectivity index is 2.18. The van der Waals surface area contributed by atoms with Gasteiger partial charge in [-0.3, -0.25) is 4.79 Å². The molecule has 1 aromatic heterocycles. The number of carbonyl (C=O) groups excluding carboxylic acids is 1. The minimum absolute atomic E-state index is 0.0303. The molecule has 8 heteroatoms. The molecule has 1 aromatic rings. The van der Waals surface area contributed by atoms with Crippen molar-refractivity contribution in [3.8, 4) is 0 Å². The maximum Gasteiger partial charge on any atom is 0.272 e. The van der Waals surface area contributed by atoms with Crippen molar-refractivity contribution < 1.29 is 13.2 Å². The number of nitrogens with zero attached hydrogens (tertiary/aromatic N) is 4. The molecule has 7 nitrogen and oxygen atoms in total. The molecule has 1 fully saturated rings. The number of aryl methyl sites for hydroxylation is 1. The van der Waals surface area contributed by atoms with Crippen LogP contribution in [-0.4, -0.2) is 67.4 Å². The second-order valence-electron chi connectivity index (χ2n) is 6.41. The fraction of sp³-hybridized carbons (Fsp3) is 0.688. The largest absolute Gasteiger partial charge is 0.360 e. The predicted octanol–water partition coefficient (Wildman–Crippen LogP) is 1.28. The summed E-state index contributed by atoms with van der Waals surface area (Å²) in [4.78, 5) is 24.9. The molecule has 0 radical (unpaired) electrons. The second-order valence-corrected chi connectivity index (χ2v) is 8.64. The van der Waals surface area contributed by atoms with Crippen LogP contribution < -0.4 is 4.90 Å². The van der Waals surface area contributed by atoms with Gasteiger partial charge in [0.2, 0.25) is 0 Å². The van der Waals surface area contributed by atoms with Crippen LogP contribution in [0.15, 0.2) is 6.07 Å². The third kappa shape index (κ3) is 4.43. The summed E-state index contributed by atoms with van der Waals surface area (Å²) in [5.41, 5.74) is 0.313. The van der Waals surface area contributed by atoms with E-state index in [1.807, 2.05) is 11.9 Å². The van der Waals surface area contributed by atoms with E-state index in [-0.39, 0.29) is 23.5 Å². The lowest BCUT2D eigenvalue weighted by Crippen LogP contribution is -2.38. The molecule has 24 heavy (non-hydrogen) atoms. The zero-order valence-electron chi connectivity index (χ0n) is 14.8. The van der Waals surface area contributed by atoms with Crippen LogP contribution in [0, 0.1) is 6.92 Å². The maximum atomic E-state index is 12.7. The number of hydrogen-bond donors (Lipinski definition) is 0. The van der Waals surface area contributed by atoms with Crippen molar-refractivity contribution in [2.45, 2.75) is 39.2 Å². The van der Waals surface area contributed by atoms with Crippen molar-refractivity contribution in [1.29, 1.82) is 0 Å². The van der Waals surface area contributed by atoms with Gasteiger partial charge in [-0.25, -0.2) is 18.4 Å². The summed E-state index contributed by atoms with van der Waals surface area (Å²) >= 11 is 0. The van der Waals surface area contributed by atoms with Crippen molar-refractivity contribution >= 4 is 21.6 Å². The standard InChI is InChI=1S/C16H26N4O3S/c1-5-6-8-19(3)15-10-14(17-12(2)18-15)16(21)20(4)13-7-9-24(22,23)11-13/h10,13H,5-9,11H2,1-4H3. The van der Waals surface area contributed by atoms with Gasteiger partial charge in [-0.15, -0.1) is 0 Å². The number of sulfone groups is 1. The van der Waals surface area contributed by atoms with E-state index in [0.29, 0.717) is 23.8 Å². The van der Waals surface area contributed by atoms with Gasteiger partial charge in [-0.05, 0) is 19.8 Å². The van der Waals surface area contributed by atoms with Crippen molar-refractivity contribution in [2.24, 2.45) is 0 Å². The first-order chi connectivity index (χ1) is 11.2. The molecule has 134 valence electrons. The number of aromatic nitrogens is 2. The summed E-state index contributed by atoms with van der Waals surface area (Å²) in [5, 5.41) is 0. The van der Waals surface area contributed by atoms with E-state index in [2.05, 4.69) is 16.9 Å². The fourth-order valence-corrected chi connectivity index (χ4v) is 4.57. The van der Waals surface area contributed by atoms with Gasteiger partial charge in [-0.2, -0.15) is 0 Å². The van der Waals surface area contributed by atoms with Gasteiger partial charge in [0.1, 0.15) is 17.3 Å². The first kappa shape index (κ1) is 18.6. The minimum atomic E-state index is -3.03. The lowest BCUT2D eigenvalue weighted by Gasteiger charge is -2.24. The zero-order chi connectivity index (χ0) is 17.9. The summed E-state index contributed by atoms with van der Waals surface area (Å²) in [7, 11) is 0.557.